The lowest BCUT2D eigenvalue weighted by molar-refractivity contribution is 0.0240. The molecule has 2 aromatic rings. The van der Waals surface area contributed by atoms with Crippen LogP contribution in [0.2, 0.25) is 0 Å². The predicted octanol–water partition coefficient (Wildman–Crippen LogP) is 3.54. The van der Waals surface area contributed by atoms with Gasteiger partial charge in [0.25, 0.3) is 5.91 Å². The monoisotopic (exact) mass is 441 g/mol. The molecule has 9 heteroatoms. The minimum absolute atomic E-state index is 0.0791. The maximum atomic E-state index is 12.7. The van der Waals surface area contributed by atoms with Crippen LogP contribution in [0.4, 0.5) is 16.3 Å². The number of ether oxygens (including phenoxy) is 1. The molecule has 0 aromatic carbocycles. The summed E-state index contributed by atoms with van der Waals surface area (Å²) < 4.78 is 5.43. The van der Waals surface area contributed by atoms with Gasteiger partial charge in [0.05, 0.1) is 11.9 Å². The average Bonchev–Trinajstić information content (AvgIpc) is 3.01. The van der Waals surface area contributed by atoms with Crippen LogP contribution >= 0.6 is 0 Å². The molecule has 1 aliphatic heterocycles. The first-order valence-corrected chi connectivity index (χ1v) is 10.7. The van der Waals surface area contributed by atoms with E-state index in [2.05, 4.69) is 20.2 Å². The number of aromatic amines is 1. The molecular weight excluding hydrogens is 410 g/mol. The quantitative estimate of drug-likeness (QED) is 0.703. The number of nitrogens with zero attached hydrogens (tertiary/aromatic N) is 3. The van der Waals surface area contributed by atoms with E-state index in [1.807, 2.05) is 26.8 Å². The number of hydrogen-bond acceptors (Lipinski definition) is 6. The number of ketones is 1. The molecule has 0 atom stereocenters. The van der Waals surface area contributed by atoms with Gasteiger partial charge < -0.3 is 24.8 Å². The van der Waals surface area contributed by atoms with Crippen molar-refractivity contribution >= 4 is 29.3 Å². The third-order valence-electron chi connectivity index (χ3n) is 5.30. The fourth-order valence-electron chi connectivity index (χ4n) is 3.80. The molecule has 0 radical (unpaired) electrons. The van der Waals surface area contributed by atoms with E-state index in [1.54, 1.807) is 31.0 Å². The van der Waals surface area contributed by atoms with Crippen molar-refractivity contribution in [2.75, 3.05) is 36.4 Å². The lowest BCUT2D eigenvalue weighted by Gasteiger charge is -2.36. The van der Waals surface area contributed by atoms with Crippen molar-refractivity contribution in [1.29, 1.82) is 0 Å². The largest absolute Gasteiger partial charge is 0.444 e. The van der Waals surface area contributed by atoms with Crippen molar-refractivity contribution < 1.29 is 19.1 Å². The number of carbonyl (C=O) groups is 3. The van der Waals surface area contributed by atoms with Crippen molar-refractivity contribution in [2.24, 2.45) is 0 Å². The highest BCUT2D eigenvalue weighted by atomic mass is 16.6. The molecule has 0 aliphatic carbocycles. The Labute approximate surface area is 188 Å². The lowest BCUT2D eigenvalue weighted by atomic mass is 10.1. The molecule has 1 fully saturated rings. The number of anilines is 2. The topological polar surface area (TPSA) is 108 Å². The summed E-state index contributed by atoms with van der Waals surface area (Å²) in [7, 11) is 0. The van der Waals surface area contributed by atoms with E-state index in [4.69, 9.17) is 4.74 Å². The van der Waals surface area contributed by atoms with E-state index in [9.17, 15) is 14.4 Å². The van der Waals surface area contributed by atoms with Crippen LogP contribution in [-0.4, -0.2) is 64.4 Å². The zero-order valence-corrected chi connectivity index (χ0v) is 19.5. The van der Waals surface area contributed by atoms with Gasteiger partial charge >= 0.3 is 6.09 Å². The normalized spacial score (nSPS) is 14.3. The Hall–Kier alpha value is -3.36. The van der Waals surface area contributed by atoms with Gasteiger partial charge in [0, 0.05) is 37.4 Å². The summed E-state index contributed by atoms with van der Waals surface area (Å²) in [5, 5.41) is 2.77. The molecule has 1 aliphatic rings. The number of amides is 2. The van der Waals surface area contributed by atoms with Crippen LogP contribution in [0.3, 0.4) is 0 Å². The highest BCUT2D eigenvalue weighted by molar-refractivity contribution is 6.07. The summed E-state index contributed by atoms with van der Waals surface area (Å²) in [6, 6.07) is 3.63. The molecule has 0 spiro atoms. The summed E-state index contributed by atoms with van der Waals surface area (Å²) >= 11 is 0. The van der Waals surface area contributed by atoms with Crippen LogP contribution in [0.25, 0.3) is 0 Å². The van der Waals surface area contributed by atoms with Gasteiger partial charge in [-0.05, 0) is 59.2 Å². The minimum atomic E-state index is -0.511. The summed E-state index contributed by atoms with van der Waals surface area (Å²) in [5.74, 6) is -0.00367. The Kier molecular flexibility index (Phi) is 6.57. The first kappa shape index (κ1) is 23.3. The summed E-state index contributed by atoms with van der Waals surface area (Å²) in [6.45, 7) is 13.0. The van der Waals surface area contributed by atoms with Crippen molar-refractivity contribution in [3.8, 4) is 0 Å². The van der Waals surface area contributed by atoms with Gasteiger partial charge in [0.1, 0.15) is 17.1 Å². The van der Waals surface area contributed by atoms with E-state index >= 15 is 0 Å². The maximum absolute atomic E-state index is 12.7. The van der Waals surface area contributed by atoms with E-state index in [0.29, 0.717) is 54.5 Å². The van der Waals surface area contributed by atoms with E-state index in [0.717, 1.165) is 5.69 Å². The fraction of sp³-hybridized carbons (Fsp3) is 0.478. The number of H-pyrrole nitrogens is 1. The third kappa shape index (κ3) is 5.27. The van der Waals surface area contributed by atoms with Gasteiger partial charge in [-0.25, -0.2) is 9.78 Å². The molecule has 2 aromatic heterocycles. The second-order valence-electron chi connectivity index (χ2n) is 8.99. The molecule has 3 heterocycles. The third-order valence-corrected chi connectivity index (χ3v) is 5.30. The number of hydrogen-bond donors (Lipinski definition) is 2. The Morgan fingerprint density at radius 2 is 1.75 bits per heavy atom. The van der Waals surface area contributed by atoms with E-state index in [1.165, 1.54) is 6.92 Å². The number of aryl methyl sites for hydroxylation is 1. The molecule has 2 N–H and O–H groups in total. The first-order chi connectivity index (χ1) is 15.0. The predicted molar refractivity (Wildman–Crippen MR) is 122 cm³/mol. The van der Waals surface area contributed by atoms with Crippen LogP contribution in [-0.2, 0) is 4.74 Å². The molecule has 0 saturated carbocycles. The average molecular weight is 442 g/mol. The Morgan fingerprint density at radius 1 is 1.09 bits per heavy atom. The Balaban J connectivity index is 1.59. The van der Waals surface area contributed by atoms with E-state index < -0.39 is 5.60 Å². The zero-order valence-electron chi connectivity index (χ0n) is 19.5. The SMILES string of the molecule is CC(=O)c1c(C)[nH]c(C(=O)Nc2ccc(N3CCN(C(=O)OC(C)(C)C)CC3)cn2)c1C. The highest BCUT2D eigenvalue weighted by Crippen LogP contribution is 2.21. The summed E-state index contributed by atoms with van der Waals surface area (Å²) in [4.78, 5) is 47.9. The fourth-order valence-corrected chi connectivity index (χ4v) is 3.80. The van der Waals surface area contributed by atoms with Crippen LogP contribution in [0, 0.1) is 13.8 Å². The number of carbonyl (C=O) groups excluding carboxylic acids is 3. The molecule has 2 amide bonds. The van der Waals surface area contributed by atoms with Gasteiger partial charge in [-0.2, -0.15) is 0 Å². The molecule has 1 saturated heterocycles. The minimum Gasteiger partial charge on any atom is -0.444 e. The van der Waals surface area contributed by atoms with Gasteiger partial charge in [0.15, 0.2) is 5.78 Å². The summed E-state index contributed by atoms with van der Waals surface area (Å²) in [5.41, 5.74) is 2.61. The van der Waals surface area contributed by atoms with Crippen molar-refractivity contribution in [2.45, 2.75) is 47.1 Å². The van der Waals surface area contributed by atoms with Crippen LogP contribution in [0.1, 0.15) is 59.8 Å². The molecule has 32 heavy (non-hydrogen) atoms. The zero-order chi connectivity index (χ0) is 23.6. The maximum Gasteiger partial charge on any atom is 0.410 e. The standard InChI is InChI=1S/C23H31N5O4/c1-14-19(16(3)29)15(2)25-20(14)21(30)26-18-8-7-17(13-24-18)27-9-11-28(12-10-27)22(31)32-23(4,5)6/h7-8,13,25H,9-12H2,1-6H3,(H,24,26,30). The Bertz CT molecular complexity index is 1010. The second-order valence-corrected chi connectivity index (χ2v) is 8.99. The number of piperazine rings is 1. The van der Waals surface area contributed by atoms with Crippen molar-refractivity contribution in [1.82, 2.24) is 14.9 Å². The van der Waals surface area contributed by atoms with Gasteiger partial charge in [-0.15, -0.1) is 0 Å². The molecule has 172 valence electrons. The van der Waals surface area contributed by atoms with E-state index in [-0.39, 0.29) is 17.8 Å². The van der Waals surface area contributed by atoms with Crippen LogP contribution < -0.4 is 10.2 Å². The van der Waals surface area contributed by atoms with Gasteiger partial charge in [0.2, 0.25) is 0 Å². The lowest BCUT2D eigenvalue weighted by Crippen LogP contribution is -2.50. The number of pyridine rings is 1. The van der Waals surface area contributed by atoms with Gasteiger partial charge in [-0.3, -0.25) is 9.59 Å². The number of rotatable bonds is 4. The second kappa shape index (κ2) is 9.02. The van der Waals surface area contributed by atoms with Crippen LogP contribution in [0.5, 0.6) is 0 Å². The smallest absolute Gasteiger partial charge is 0.410 e. The molecule has 3 rings (SSSR count). The summed E-state index contributed by atoms with van der Waals surface area (Å²) in [6.07, 6.45) is 1.41. The van der Waals surface area contributed by atoms with Crippen molar-refractivity contribution in [3.63, 3.8) is 0 Å². The molecule has 0 unspecified atom stereocenters. The van der Waals surface area contributed by atoms with Gasteiger partial charge in [-0.1, -0.05) is 0 Å². The molecular formula is C23H31N5O4. The van der Waals surface area contributed by atoms with Crippen molar-refractivity contribution in [3.05, 3.63) is 40.8 Å². The Morgan fingerprint density at radius 3 is 2.25 bits per heavy atom. The first-order valence-electron chi connectivity index (χ1n) is 10.7. The highest BCUT2D eigenvalue weighted by Gasteiger charge is 2.26. The molecule has 0 bridgehead atoms. The number of nitrogens with one attached hydrogen (secondary N) is 2. The number of aromatic nitrogens is 2. The molecule has 9 nitrogen and oxygen atoms in total. The number of Topliss-reactive ketones (excluding diaryl/α,β-unsaturated/α-hetero) is 1. The van der Waals surface area contributed by atoms with Crippen LogP contribution in [0.15, 0.2) is 18.3 Å².